The summed E-state index contributed by atoms with van der Waals surface area (Å²) in [7, 11) is -3.43. The molecule has 3 rings (SSSR count). The summed E-state index contributed by atoms with van der Waals surface area (Å²) in [6.07, 6.45) is 0.743. The summed E-state index contributed by atoms with van der Waals surface area (Å²) < 4.78 is 41.7. The zero-order valence-electron chi connectivity index (χ0n) is 16.5. The molecule has 0 radical (unpaired) electrons. The fourth-order valence-corrected chi connectivity index (χ4v) is 5.25. The summed E-state index contributed by atoms with van der Waals surface area (Å²) in [6, 6.07) is 10.0. The van der Waals surface area contributed by atoms with E-state index in [0.29, 0.717) is 26.2 Å². The number of aryl methyl sites for hydroxylation is 1. The van der Waals surface area contributed by atoms with Gasteiger partial charge in [0.05, 0.1) is 0 Å². The summed E-state index contributed by atoms with van der Waals surface area (Å²) in [4.78, 5) is 4.64. The van der Waals surface area contributed by atoms with Crippen LogP contribution in [0.15, 0.2) is 36.4 Å². The fraction of sp³-hybridized carbons (Fsp3) is 0.450. The van der Waals surface area contributed by atoms with E-state index in [1.807, 2.05) is 32.9 Å². The van der Waals surface area contributed by atoms with Crippen LogP contribution in [0.25, 0.3) is 0 Å². The second-order valence-corrected chi connectivity index (χ2v) is 8.92. The van der Waals surface area contributed by atoms with Crippen molar-refractivity contribution in [2.45, 2.75) is 33.1 Å². The van der Waals surface area contributed by atoms with E-state index in [-0.39, 0.29) is 11.7 Å². The number of anilines is 2. The van der Waals surface area contributed by atoms with Gasteiger partial charge in [0.25, 0.3) is 10.2 Å². The monoisotopic (exact) mass is 406 g/mol. The van der Waals surface area contributed by atoms with Gasteiger partial charge in [0.1, 0.15) is 5.82 Å². The summed E-state index contributed by atoms with van der Waals surface area (Å²) in [5.74, 6) is -0.225. The van der Waals surface area contributed by atoms with Gasteiger partial charge < -0.3 is 5.32 Å². The molecule has 1 saturated heterocycles. The van der Waals surface area contributed by atoms with Gasteiger partial charge in [-0.25, -0.2) is 4.39 Å². The van der Waals surface area contributed by atoms with Crippen molar-refractivity contribution in [2.24, 2.45) is 0 Å². The highest BCUT2D eigenvalue weighted by Gasteiger charge is 2.35. The average molecular weight is 407 g/mol. The molecule has 152 valence electrons. The van der Waals surface area contributed by atoms with Crippen LogP contribution in [0.4, 0.5) is 15.8 Å². The number of benzene rings is 1. The lowest BCUT2D eigenvalue weighted by Gasteiger charge is -2.25. The second kappa shape index (κ2) is 8.55. The lowest BCUT2D eigenvalue weighted by molar-refractivity contribution is 0.377. The molecule has 0 spiro atoms. The number of halogens is 1. The van der Waals surface area contributed by atoms with Crippen LogP contribution in [0.3, 0.4) is 0 Å². The van der Waals surface area contributed by atoms with Crippen molar-refractivity contribution in [3.8, 4) is 0 Å². The molecule has 1 aromatic heterocycles. The Balaban J connectivity index is 1.77. The van der Waals surface area contributed by atoms with Crippen molar-refractivity contribution in [3.05, 3.63) is 53.6 Å². The Hall–Kier alpha value is -2.03. The van der Waals surface area contributed by atoms with Crippen molar-refractivity contribution >= 4 is 21.6 Å². The number of nitrogens with zero attached hydrogens (tertiary/aromatic N) is 3. The summed E-state index contributed by atoms with van der Waals surface area (Å²) >= 11 is 0. The molecule has 1 N–H and O–H groups in total. The normalized spacial score (nSPS) is 18.0. The first kappa shape index (κ1) is 20.7. The molecule has 2 aromatic rings. The molecule has 2 heterocycles. The second-order valence-electron chi connectivity index (χ2n) is 6.99. The lowest BCUT2D eigenvalue weighted by Crippen LogP contribution is -2.42. The number of pyridine rings is 1. The first-order chi connectivity index (χ1) is 13.3. The van der Waals surface area contributed by atoms with Crippen LogP contribution in [0.2, 0.25) is 0 Å². The van der Waals surface area contributed by atoms with E-state index in [0.717, 1.165) is 29.2 Å². The van der Waals surface area contributed by atoms with Gasteiger partial charge >= 0.3 is 0 Å². The van der Waals surface area contributed by atoms with Gasteiger partial charge in [-0.15, -0.1) is 0 Å². The highest BCUT2D eigenvalue weighted by atomic mass is 32.2. The first-order valence-electron chi connectivity index (χ1n) is 9.60. The van der Waals surface area contributed by atoms with E-state index in [1.54, 1.807) is 16.4 Å². The summed E-state index contributed by atoms with van der Waals surface area (Å²) in [5, 5.41) is 3.27. The Labute approximate surface area is 166 Å². The Bertz CT molecular complexity index is 914. The van der Waals surface area contributed by atoms with Gasteiger partial charge in [-0.3, -0.25) is 4.98 Å². The van der Waals surface area contributed by atoms with Gasteiger partial charge in [0.2, 0.25) is 0 Å². The van der Waals surface area contributed by atoms with Crippen molar-refractivity contribution in [1.82, 2.24) is 13.6 Å². The minimum absolute atomic E-state index is 0.0546. The molecule has 1 fully saturated rings. The molecule has 0 bridgehead atoms. The molecule has 6 nitrogen and oxygen atoms in total. The highest BCUT2D eigenvalue weighted by molar-refractivity contribution is 7.86. The zero-order chi connectivity index (χ0) is 20.3. The van der Waals surface area contributed by atoms with Crippen molar-refractivity contribution < 1.29 is 12.8 Å². The predicted octanol–water partition coefficient (Wildman–Crippen LogP) is 3.65. The number of hydrogen-bond acceptors (Lipinski definition) is 4. The van der Waals surface area contributed by atoms with E-state index in [9.17, 15) is 12.8 Å². The van der Waals surface area contributed by atoms with Crippen LogP contribution in [-0.2, 0) is 10.2 Å². The Kier molecular flexibility index (Phi) is 6.32. The van der Waals surface area contributed by atoms with Gasteiger partial charge in [0, 0.05) is 54.9 Å². The van der Waals surface area contributed by atoms with E-state index in [4.69, 9.17) is 0 Å². The Morgan fingerprint density at radius 1 is 1.18 bits per heavy atom. The SMILES string of the molecule is CCN(CC)S(=O)(=O)N1CCC(c2cc(Nc3ccc(F)cc3)cc(C)n2)C1. The molecule has 1 aliphatic rings. The van der Waals surface area contributed by atoms with Crippen molar-refractivity contribution in [3.63, 3.8) is 0 Å². The Morgan fingerprint density at radius 2 is 1.86 bits per heavy atom. The largest absolute Gasteiger partial charge is 0.355 e. The smallest absolute Gasteiger partial charge is 0.281 e. The van der Waals surface area contributed by atoms with Gasteiger partial charge in [-0.1, -0.05) is 13.8 Å². The predicted molar refractivity (Wildman–Crippen MR) is 109 cm³/mol. The molecule has 8 heteroatoms. The molecule has 1 aliphatic heterocycles. The number of rotatable bonds is 7. The van der Waals surface area contributed by atoms with Gasteiger partial charge in [-0.05, 0) is 49.7 Å². The Morgan fingerprint density at radius 3 is 2.50 bits per heavy atom. The lowest BCUT2D eigenvalue weighted by atomic mass is 10.0. The van der Waals surface area contributed by atoms with Crippen LogP contribution in [0, 0.1) is 12.7 Å². The third-order valence-electron chi connectivity index (χ3n) is 5.03. The molecule has 0 amide bonds. The minimum atomic E-state index is -3.43. The third-order valence-corrected chi connectivity index (χ3v) is 7.19. The highest BCUT2D eigenvalue weighted by Crippen LogP contribution is 2.31. The fourth-order valence-electron chi connectivity index (χ4n) is 3.57. The minimum Gasteiger partial charge on any atom is -0.355 e. The summed E-state index contributed by atoms with van der Waals surface area (Å²) in [5.41, 5.74) is 3.38. The standard InChI is InChI=1S/C20H27FN4O2S/c1-4-24(5-2)28(26,27)25-11-10-16(14-25)20-13-19(12-15(3)22-20)23-18-8-6-17(21)7-9-18/h6-9,12-13,16H,4-5,10-11,14H2,1-3H3,(H,22,23). The molecule has 1 atom stereocenters. The van der Waals surface area contributed by atoms with Crippen LogP contribution >= 0.6 is 0 Å². The van der Waals surface area contributed by atoms with Crippen LogP contribution in [0.1, 0.15) is 37.6 Å². The molecular formula is C20H27FN4O2S. The molecule has 0 saturated carbocycles. The maximum absolute atomic E-state index is 13.1. The molecule has 0 aliphatic carbocycles. The van der Waals surface area contributed by atoms with Gasteiger partial charge in [0.15, 0.2) is 0 Å². The van der Waals surface area contributed by atoms with E-state index < -0.39 is 10.2 Å². The van der Waals surface area contributed by atoms with Crippen LogP contribution in [0.5, 0.6) is 0 Å². The van der Waals surface area contributed by atoms with E-state index in [1.165, 1.54) is 16.4 Å². The zero-order valence-corrected chi connectivity index (χ0v) is 17.3. The quantitative estimate of drug-likeness (QED) is 0.762. The molecule has 1 unspecified atom stereocenters. The van der Waals surface area contributed by atoms with E-state index >= 15 is 0 Å². The summed E-state index contributed by atoms with van der Waals surface area (Å²) in [6.45, 7) is 7.49. The number of hydrogen-bond donors (Lipinski definition) is 1. The maximum Gasteiger partial charge on any atom is 0.281 e. The third kappa shape index (κ3) is 4.51. The maximum atomic E-state index is 13.1. The molecular weight excluding hydrogens is 379 g/mol. The molecule has 28 heavy (non-hydrogen) atoms. The van der Waals surface area contributed by atoms with E-state index in [2.05, 4.69) is 10.3 Å². The topological polar surface area (TPSA) is 65.5 Å². The van der Waals surface area contributed by atoms with Crippen molar-refractivity contribution in [1.29, 1.82) is 0 Å². The first-order valence-corrected chi connectivity index (χ1v) is 11.0. The van der Waals surface area contributed by atoms with Gasteiger partial charge in [-0.2, -0.15) is 17.0 Å². The number of aromatic nitrogens is 1. The van der Waals surface area contributed by atoms with Crippen LogP contribution in [-0.4, -0.2) is 48.2 Å². The number of nitrogens with one attached hydrogen (secondary N) is 1. The van der Waals surface area contributed by atoms with Crippen molar-refractivity contribution in [2.75, 3.05) is 31.5 Å². The average Bonchev–Trinajstić information content (AvgIpc) is 3.15. The molecule has 1 aromatic carbocycles. The van der Waals surface area contributed by atoms with Crippen LogP contribution < -0.4 is 5.32 Å².